The van der Waals surface area contributed by atoms with Crippen LogP contribution in [-0.4, -0.2) is 15.0 Å². The first kappa shape index (κ1) is 8.24. The third-order valence-corrected chi connectivity index (χ3v) is 1.90. The molecule has 0 aromatic carbocycles. The topological polar surface area (TPSA) is 30.7 Å². The molecule has 62 valence electrons. The fourth-order valence-corrected chi connectivity index (χ4v) is 0.990. The summed E-state index contributed by atoms with van der Waals surface area (Å²) in [6, 6.07) is 0. The lowest BCUT2D eigenvalue weighted by Crippen LogP contribution is -1.97. The Morgan fingerprint density at radius 1 is 1.64 bits per heavy atom. The summed E-state index contributed by atoms with van der Waals surface area (Å²) in [5.74, 6) is 0.715. The van der Waals surface area contributed by atoms with Gasteiger partial charge in [-0.25, -0.2) is 0 Å². The molecule has 0 saturated heterocycles. The smallest absolute Gasteiger partial charge is 0.0829 e. The highest BCUT2D eigenvalue weighted by atomic mass is 15.4. The average molecular weight is 153 g/mol. The molecule has 1 aromatic rings. The van der Waals surface area contributed by atoms with Gasteiger partial charge in [0.2, 0.25) is 0 Å². The van der Waals surface area contributed by atoms with Crippen molar-refractivity contribution >= 4 is 0 Å². The summed E-state index contributed by atoms with van der Waals surface area (Å²) in [4.78, 5) is 0. The molecular weight excluding hydrogens is 138 g/mol. The lowest BCUT2D eigenvalue weighted by molar-refractivity contribution is 0.552. The van der Waals surface area contributed by atoms with Gasteiger partial charge in [-0.2, -0.15) is 0 Å². The first-order valence-electron chi connectivity index (χ1n) is 4.07. The van der Waals surface area contributed by atoms with Crippen LogP contribution in [0.1, 0.15) is 26.0 Å². The molecule has 1 rings (SSSR count). The van der Waals surface area contributed by atoms with Gasteiger partial charge in [0.25, 0.3) is 0 Å². The van der Waals surface area contributed by atoms with E-state index in [-0.39, 0.29) is 0 Å². The highest BCUT2D eigenvalue weighted by Crippen LogP contribution is 2.07. The predicted molar refractivity (Wildman–Crippen MR) is 44.2 cm³/mol. The summed E-state index contributed by atoms with van der Waals surface area (Å²) < 4.78 is 1.75. The molecule has 0 fully saturated rings. The maximum atomic E-state index is 4.02. The second-order valence-corrected chi connectivity index (χ2v) is 3.10. The van der Waals surface area contributed by atoms with Crippen molar-refractivity contribution in [2.45, 2.75) is 26.7 Å². The van der Waals surface area contributed by atoms with Gasteiger partial charge >= 0.3 is 0 Å². The van der Waals surface area contributed by atoms with E-state index in [1.54, 1.807) is 4.68 Å². The van der Waals surface area contributed by atoms with Crippen molar-refractivity contribution in [1.82, 2.24) is 15.0 Å². The number of nitrogens with zero attached hydrogens (tertiary/aromatic N) is 3. The van der Waals surface area contributed by atoms with Gasteiger partial charge in [-0.05, 0) is 12.3 Å². The van der Waals surface area contributed by atoms with Crippen LogP contribution < -0.4 is 0 Å². The fraction of sp³-hybridized carbons (Fsp3) is 0.750. The van der Waals surface area contributed by atoms with Crippen LogP contribution in [0.15, 0.2) is 6.20 Å². The summed E-state index contributed by atoms with van der Waals surface area (Å²) >= 11 is 0. The van der Waals surface area contributed by atoms with Crippen LogP contribution in [0.25, 0.3) is 0 Å². The average Bonchev–Trinajstić information content (AvgIpc) is 2.35. The van der Waals surface area contributed by atoms with Gasteiger partial charge in [0.05, 0.1) is 5.69 Å². The number of rotatable bonds is 3. The van der Waals surface area contributed by atoms with Gasteiger partial charge in [0.15, 0.2) is 0 Å². The Morgan fingerprint density at radius 2 is 2.36 bits per heavy atom. The largest absolute Gasteiger partial charge is 0.255 e. The predicted octanol–water partition coefficient (Wildman–Crippen LogP) is 1.40. The maximum Gasteiger partial charge on any atom is 0.0829 e. The second-order valence-electron chi connectivity index (χ2n) is 3.10. The summed E-state index contributed by atoms with van der Waals surface area (Å²) in [6.45, 7) is 4.43. The number of aryl methyl sites for hydroxylation is 1. The lowest BCUT2D eigenvalue weighted by atomic mass is 10.0. The van der Waals surface area contributed by atoms with Crippen LogP contribution in [0.3, 0.4) is 0 Å². The monoisotopic (exact) mass is 153 g/mol. The molecule has 1 unspecified atom stereocenters. The van der Waals surface area contributed by atoms with Crippen LogP contribution in [0, 0.1) is 5.92 Å². The Hall–Kier alpha value is -0.860. The fourth-order valence-electron chi connectivity index (χ4n) is 0.990. The molecule has 0 amide bonds. The normalized spacial score (nSPS) is 13.4. The standard InChI is InChI=1S/C8H15N3/c1-4-7(2)5-8-6-11(3)10-9-8/h6-7H,4-5H2,1-3H3. The molecule has 11 heavy (non-hydrogen) atoms. The van der Waals surface area contributed by atoms with E-state index in [4.69, 9.17) is 0 Å². The number of hydrogen-bond acceptors (Lipinski definition) is 2. The highest BCUT2D eigenvalue weighted by Gasteiger charge is 2.03. The summed E-state index contributed by atoms with van der Waals surface area (Å²) in [7, 11) is 1.90. The zero-order chi connectivity index (χ0) is 8.27. The minimum absolute atomic E-state index is 0.715. The molecular formula is C8H15N3. The Kier molecular flexibility index (Phi) is 2.63. The SMILES string of the molecule is CCC(C)Cc1cn(C)nn1. The minimum Gasteiger partial charge on any atom is -0.255 e. The molecule has 1 atom stereocenters. The molecule has 0 saturated carbocycles. The van der Waals surface area contributed by atoms with Gasteiger partial charge in [-0.1, -0.05) is 25.5 Å². The van der Waals surface area contributed by atoms with E-state index in [1.165, 1.54) is 6.42 Å². The Bertz CT molecular complexity index is 217. The zero-order valence-corrected chi connectivity index (χ0v) is 7.41. The van der Waals surface area contributed by atoms with Crippen molar-refractivity contribution in [3.8, 4) is 0 Å². The first-order valence-corrected chi connectivity index (χ1v) is 4.07. The van der Waals surface area contributed by atoms with Gasteiger partial charge in [-0.15, -0.1) is 5.10 Å². The molecule has 0 aliphatic carbocycles. The van der Waals surface area contributed by atoms with Gasteiger partial charge in [-0.3, -0.25) is 4.68 Å². The molecule has 0 bridgehead atoms. The number of aromatic nitrogens is 3. The molecule has 0 aliphatic rings. The third-order valence-electron chi connectivity index (χ3n) is 1.90. The van der Waals surface area contributed by atoms with E-state index in [0.717, 1.165) is 12.1 Å². The van der Waals surface area contributed by atoms with Crippen molar-refractivity contribution < 1.29 is 0 Å². The Morgan fingerprint density at radius 3 is 2.82 bits per heavy atom. The van der Waals surface area contributed by atoms with E-state index in [9.17, 15) is 0 Å². The van der Waals surface area contributed by atoms with Crippen LogP contribution in [-0.2, 0) is 13.5 Å². The molecule has 0 aliphatic heterocycles. The Labute approximate surface area is 67.4 Å². The summed E-state index contributed by atoms with van der Waals surface area (Å²) in [5.41, 5.74) is 1.10. The van der Waals surface area contributed by atoms with E-state index in [2.05, 4.69) is 24.2 Å². The van der Waals surface area contributed by atoms with Gasteiger partial charge in [0, 0.05) is 13.2 Å². The van der Waals surface area contributed by atoms with Crippen molar-refractivity contribution in [2.24, 2.45) is 13.0 Å². The van der Waals surface area contributed by atoms with Crippen LogP contribution in [0.5, 0.6) is 0 Å². The van der Waals surface area contributed by atoms with Crippen molar-refractivity contribution in [3.63, 3.8) is 0 Å². The zero-order valence-electron chi connectivity index (χ0n) is 7.41. The molecule has 0 radical (unpaired) electrons. The quantitative estimate of drug-likeness (QED) is 0.657. The van der Waals surface area contributed by atoms with Crippen LogP contribution in [0.4, 0.5) is 0 Å². The third kappa shape index (κ3) is 2.33. The number of hydrogen-bond donors (Lipinski definition) is 0. The summed E-state index contributed by atoms with van der Waals surface area (Å²) in [6.07, 6.45) is 4.23. The van der Waals surface area contributed by atoms with Crippen molar-refractivity contribution in [1.29, 1.82) is 0 Å². The van der Waals surface area contributed by atoms with Crippen LogP contribution in [0.2, 0.25) is 0 Å². The van der Waals surface area contributed by atoms with Gasteiger partial charge in [0.1, 0.15) is 0 Å². The Balaban J connectivity index is 2.50. The molecule has 0 N–H and O–H groups in total. The van der Waals surface area contributed by atoms with E-state index in [1.807, 2.05) is 13.2 Å². The van der Waals surface area contributed by atoms with E-state index in [0.29, 0.717) is 5.92 Å². The van der Waals surface area contributed by atoms with Crippen molar-refractivity contribution in [3.05, 3.63) is 11.9 Å². The molecule has 3 nitrogen and oxygen atoms in total. The molecule has 1 aromatic heterocycles. The summed E-state index contributed by atoms with van der Waals surface area (Å²) in [5, 5.41) is 7.89. The van der Waals surface area contributed by atoms with Gasteiger partial charge < -0.3 is 0 Å². The molecule has 0 spiro atoms. The van der Waals surface area contributed by atoms with E-state index >= 15 is 0 Å². The van der Waals surface area contributed by atoms with Crippen molar-refractivity contribution in [2.75, 3.05) is 0 Å². The minimum atomic E-state index is 0.715. The van der Waals surface area contributed by atoms with E-state index < -0.39 is 0 Å². The molecule has 3 heteroatoms. The first-order chi connectivity index (χ1) is 5.22. The highest BCUT2D eigenvalue weighted by molar-refractivity contribution is 4.92. The van der Waals surface area contributed by atoms with Crippen LogP contribution >= 0.6 is 0 Å². The second kappa shape index (κ2) is 3.51. The lowest BCUT2D eigenvalue weighted by Gasteiger charge is -2.02. The maximum absolute atomic E-state index is 4.02. The molecule has 1 heterocycles.